The molecule has 0 atom stereocenters. The summed E-state index contributed by atoms with van der Waals surface area (Å²) in [6.07, 6.45) is -0.513. The fourth-order valence-corrected chi connectivity index (χ4v) is 0.926. The molecule has 0 fully saturated rings. The van der Waals surface area contributed by atoms with Crippen LogP contribution in [0.2, 0.25) is 0 Å². The van der Waals surface area contributed by atoms with Crippen LogP contribution in [0.15, 0.2) is 12.1 Å². The lowest BCUT2D eigenvalue weighted by molar-refractivity contribution is -0.117. The third kappa shape index (κ3) is 2.21. The van der Waals surface area contributed by atoms with E-state index in [4.69, 9.17) is 5.73 Å². The van der Waals surface area contributed by atoms with Crippen LogP contribution in [0.4, 0.5) is 13.2 Å². The lowest BCUT2D eigenvalue weighted by atomic mass is 10.1. The number of carbonyl (C=O) groups excluding carboxylic acids is 1. The Hall–Kier alpha value is -1.52. The molecule has 0 unspecified atom stereocenters. The van der Waals surface area contributed by atoms with Crippen LogP contribution in [0.1, 0.15) is 5.56 Å². The number of hydrogen-bond donors (Lipinski definition) is 1. The Bertz CT molecular complexity index is 351. The monoisotopic (exact) mass is 189 g/mol. The summed E-state index contributed by atoms with van der Waals surface area (Å²) >= 11 is 0. The number of carbonyl (C=O) groups is 1. The highest BCUT2D eigenvalue weighted by Gasteiger charge is 2.12. The van der Waals surface area contributed by atoms with Crippen molar-refractivity contribution in [1.29, 1.82) is 0 Å². The molecule has 1 aromatic rings. The van der Waals surface area contributed by atoms with Crippen LogP contribution in [-0.4, -0.2) is 5.91 Å². The molecule has 2 nitrogen and oxygen atoms in total. The van der Waals surface area contributed by atoms with E-state index in [1.165, 1.54) is 0 Å². The number of rotatable bonds is 2. The van der Waals surface area contributed by atoms with Gasteiger partial charge in [0.25, 0.3) is 0 Å². The lowest BCUT2D eigenvalue weighted by Crippen LogP contribution is -2.15. The Kier molecular flexibility index (Phi) is 2.55. The summed E-state index contributed by atoms with van der Waals surface area (Å²) in [5.74, 6) is -4.34. The summed E-state index contributed by atoms with van der Waals surface area (Å²) in [5, 5.41) is 0. The van der Waals surface area contributed by atoms with Gasteiger partial charge in [-0.2, -0.15) is 0 Å². The Morgan fingerprint density at radius 3 is 2.46 bits per heavy atom. The van der Waals surface area contributed by atoms with Crippen molar-refractivity contribution in [3.05, 3.63) is 35.1 Å². The van der Waals surface area contributed by atoms with Crippen LogP contribution in [0, 0.1) is 17.5 Å². The average molecular weight is 189 g/mol. The van der Waals surface area contributed by atoms with E-state index in [-0.39, 0.29) is 5.56 Å². The molecule has 1 amide bonds. The lowest BCUT2D eigenvalue weighted by Gasteiger charge is -2.01. The molecule has 2 N–H and O–H groups in total. The SMILES string of the molecule is NC(=O)Cc1cc(F)cc(F)c1F. The second-order valence-corrected chi connectivity index (χ2v) is 2.50. The van der Waals surface area contributed by atoms with Crippen molar-refractivity contribution in [3.63, 3.8) is 0 Å². The number of halogens is 3. The zero-order chi connectivity index (χ0) is 10.0. The smallest absolute Gasteiger partial charge is 0.221 e. The van der Waals surface area contributed by atoms with Crippen LogP contribution in [0.3, 0.4) is 0 Å². The van der Waals surface area contributed by atoms with Crippen LogP contribution in [-0.2, 0) is 11.2 Å². The van der Waals surface area contributed by atoms with E-state index in [0.717, 1.165) is 6.07 Å². The molecule has 0 saturated heterocycles. The predicted molar refractivity (Wildman–Crippen MR) is 39.2 cm³/mol. The first-order valence-corrected chi connectivity index (χ1v) is 3.42. The molecule has 0 spiro atoms. The van der Waals surface area contributed by atoms with Gasteiger partial charge < -0.3 is 5.73 Å². The number of nitrogens with two attached hydrogens (primary N) is 1. The van der Waals surface area contributed by atoms with Gasteiger partial charge >= 0.3 is 0 Å². The highest BCUT2D eigenvalue weighted by Crippen LogP contribution is 2.14. The molecule has 0 aromatic heterocycles. The van der Waals surface area contributed by atoms with Crippen LogP contribution < -0.4 is 5.73 Å². The van der Waals surface area contributed by atoms with Gasteiger partial charge in [-0.25, -0.2) is 13.2 Å². The fourth-order valence-electron chi connectivity index (χ4n) is 0.926. The van der Waals surface area contributed by atoms with Gasteiger partial charge in [-0.1, -0.05) is 0 Å². The molecule has 1 aromatic carbocycles. The third-order valence-corrected chi connectivity index (χ3v) is 1.43. The third-order valence-electron chi connectivity index (χ3n) is 1.43. The molecule has 0 heterocycles. The molecular formula is C8H6F3NO. The van der Waals surface area contributed by atoms with Crippen molar-refractivity contribution in [3.8, 4) is 0 Å². The van der Waals surface area contributed by atoms with E-state index in [2.05, 4.69) is 0 Å². The van der Waals surface area contributed by atoms with Crippen LogP contribution in [0.5, 0.6) is 0 Å². The zero-order valence-corrected chi connectivity index (χ0v) is 6.48. The summed E-state index contributed by atoms with van der Waals surface area (Å²) in [5.41, 5.74) is 4.37. The van der Waals surface area contributed by atoms with E-state index in [9.17, 15) is 18.0 Å². The van der Waals surface area contributed by atoms with Crippen LogP contribution in [0.25, 0.3) is 0 Å². The maximum Gasteiger partial charge on any atom is 0.221 e. The van der Waals surface area contributed by atoms with E-state index in [1.807, 2.05) is 0 Å². The highest BCUT2D eigenvalue weighted by molar-refractivity contribution is 5.76. The number of amides is 1. The van der Waals surface area contributed by atoms with E-state index < -0.39 is 29.8 Å². The van der Waals surface area contributed by atoms with Gasteiger partial charge in [-0.3, -0.25) is 4.79 Å². The molecule has 0 radical (unpaired) electrons. The summed E-state index contributed by atoms with van der Waals surface area (Å²) in [7, 11) is 0. The molecule has 0 aliphatic carbocycles. The van der Waals surface area contributed by atoms with Gasteiger partial charge in [0.05, 0.1) is 6.42 Å². The molecule has 1 rings (SSSR count). The molecular weight excluding hydrogens is 183 g/mol. The first kappa shape index (κ1) is 9.57. The minimum absolute atomic E-state index is 0.370. The predicted octanol–water partition coefficient (Wildman–Crippen LogP) is 1.13. The zero-order valence-electron chi connectivity index (χ0n) is 6.48. The van der Waals surface area contributed by atoms with Crippen molar-refractivity contribution in [2.24, 2.45) is 5.73 Å². The summed E-state index contributed by atoms with van der Waals surface area (Å²) in [4.78, 5) is 10.4. The van der Waals surface area contributed by atoms with E-state index in [1.54, 1.807) is 0 Å². The van der Waals surface area contributed by atoms with Crippen molar-refractivity contribution in [2.75, 3.05) is 0 Å². The van der Waals surface area contributed by atoms with E-state index >= 15 is 0 Å². The Balaban J connectivity index is 3.12. The second-order valence-electron chi connectivity index (χ2n) is 2.50. The molecule has 0 bridgehead atoms. The van der Waals surface area contributed by atoms with Crippen molar-refractivity contribution in [1.82, 2.24) is 0 Å². The van der Waals surface area contributed by atoms with Gasteiger partial charge in [0, 0.05) is 11.6 Å². The van der Waals surface area contributed by atoms with Gasteiger partial charge in [0.2, 0.25) is 5.91 Å². The minimum Gasteiger partial charge on any atom is -0.369 e. The molecule has 5 heteroatoms. The van der Waals surface area contributed by atoms with Gasteiger partial charge in [0.15, 0.2) is 11.6 Å². The minimum atomic E-state index is -1.32. The normalized spacial score (nSPS) is 10.1. The largest absolute Gasteiger partial charge is 0.369 e. The number of benzene rings is 1. The molecule has 0 aliphatic rings. The standard InChI is InChI=1S/C8H6F3NO/c9-5-1-4(2-7(12)13)8(11)6(10)3-5/h1,3H,2H2,(H2,12,13). The molecule has 0 aliphatic heterocycles. The van der Waals surface area contributed by atoms with Crippen molar-refractivity contribution >= 4 is 5.91 Å². The van der Waals surface area contributed by atoms with Crippen molar-refractivity contribution in [2.45, 2.75) is 6.42 Å². The first-order valence-electron chi connectivity index (χ1n) is 3.42. The first-order chi connectivity index (χ1) is 6.00. The second kappa shape index (κ2) is 3.47. The molecule has 0 saturated carbocycles. The number of primary amides is 1. The fraction of sp³-hybridized carbons (Fsp3) is 0.125. The molecule has 13 heavy (non-hydrogen) atoms. The summed E-state index contributed by atoms with van der Waals surface area (Å²) < 4.78 is 37.8. The summed E-state index contributed by atoms with van der Waals surface area (Å²) in [6.45, 7) is 0. The highest BCUT2D eigenvalue weighted by atomic mass is 19.2. The molecule has 70 valence electrons. The number of hydrogen-bond acceptors (Lipinski definition) is 1. The topological polar surface area (TPSA) is 43.1 Å². The van der Waals surface area contributed by atoms with Gasteiger partial charge in [-0.05, 0) is 6.07 Å². The quantitative estimate of drug-likeness (QED) is 0.696. The Morgan fingerprint density at radius 2 is 1.92 bits per heavy atom. The van der Waals surface area contributed by atoms with E-state index in [0.29, 0.717) is 6.07 Å². The van der Waals surface area contributed by atoms with Gasteiger partial charge in [0.1, 0.15) is 5.82 Å². The van der Waals surface area contributed by atoms with Crippen LogP contribution >= 0.6 is 0 Å². The van der Waals surface area contributed by atoms with Gasteiger partial charge in [-0.15, -0.1) is 0 Å². The van der Waals surface area contributed by atoms with Crippen molar-refractivity contribution < 1.29 is 18.0 Å². The maximum atomic E-state index is 12.8. The average Bonchev–Trinajstić information content (AvgIpc) is 1.98. The summed E-state index contributed by atoms with van der Waals surface area (Å²) in [6, 6.07) is 1.14. The maximum absolute atomic E-state index is 12.8. The Morgan fingerprint density at radius 1 is 1.31 bits per heavy atom. The Labute approximate surface area is 72.2 Å².